The van der Waals surface area contributed by atoms with E-state index < -0.39 is 27.6 Å². The summed E-state index contributed by atoms with van der Waals surface area (Å²) in [6.07, 6.45) is 2.83. The monoisotopic (exact) mass is 313 g/mol. The van der Waals surface area contributed by atoms with Crippen LogP contribution in [-0.4, -0.2) is 43.3 Å². The highest BCUT2D eigenvalue weighted by Crippen LogP contribution is 2.31. The summed E-state index contributed by atoms with van der Waals surface area (Å²) in [5, 5.41) is 0. The number of amides is 1. The van der Waals surface area contributed by atoms with Crippen LogP contribution in [0.15, 0.2) is 18.2 Å². The van der Waals surface area contributed by atoms with Crippen molar-refractivity contribution in [2.45, 2.75) is 38.8 Å². The fraction of sp³-hybridized carbons (Fsp3) is 0.533. The SMILES string of the molecule is Cc1ccc(F)c(C(=O)N(C(C)CS(C)(=O)=O)C2CC2)c1. The molecule has 0 bridgehead atoms. The molecule has 4 nitrogen and oxygen atoms in total. The maximum Gasteiger partial charge on any atom is 0.257 e. The number of rotatable bonds is 5. The van der Waals surface area contributed by atoms with Crippen molar-refractivity contribution >= 4 is 15.7 Å². The van der Waals surface area contributed by atoms with Crippen LogP contribution in [0.25, 0.3) is 0 Å². The molecule has 21 heavy (non-hydrogen) atoms. The van der Waals surface area contributed by atoms with Gasteiger partial charge in [0.15, 0.2) is 0 Å². The average molecular weight is 313 g/mol. The molecule has 116 valence electrons. The van der Waals surface area contributed by atoms with Crippen molar-refractivity contribution in [3.63, 3.8) is 0 Å². The lowest BCUT2D eigenvalue weighted by atomic mass is 10.1. The second kappa shape index (κ2) is 5.75. The number of hydrogen-bond acceptors (Lipinski definition) is 3. The average Bonchev–Trinajstić information content (AvgIpc) is 3.14. The second-order valence-corrected chi connectivity index (χ2v) is 8.05. The number of carbonyl (C=O) groups is 1. The zero-order valence-electron chi connectivity index (χ0n) is 12.5. The lowest BCUT2D eigenvalue weighted by Crippen LogP contribution is -2.44. The van der Waals surface area contributed by atoms with E-state index in [9.17, 15) is 17.6 Å². The number of nitrogens with zero attached hydrogens (tertiary/aromatic N) is 1. The Hall–Kier alpha value is -1.43. The summed E-state index contributed by atoms with van der Waals surface area (Å²) in [6, 6.07) is 3.96. The molecule has 1 aliphatic carbocycles. The first-order valence-electron chi connectivity index (χ1n) is 6.95. The van der Waals surface area contributed by atoms with Gasteiger partial charge in [0.05, 0.1) is 11.3 Å². The molecule has 1 aromatic carbocycles. The summed E-state index contributed by atoms with van der Waals surface area (Å²) in [5.41, 5.74) is 0.813. The number of hydrogen-bond donors (Lipinski definition) is 0. The predicted molar refractivity (Wildman–Crippen MR) is 79.5 cm³/mol. The van der Waals surface area contributed by atoms with Gasteiger partial charge in [-0.3, -0.25) is 4.79 Å². The van der Waals surface area contributed by atoms with Gasteiger partial charge in [0.25, 0.3) is 5.91 Å². The first-order chi connectivity index (χ1) is 9.69. The molecule has 0 aliphatic heterocycles. The maximum atomic E-state index is 13.9. The molecule has 0 N–H and O–H groups in total. The van der Waals surface area contributed by atoms with Crippen LogP contribution in [0.2, 0.25) is 0 Å². The van der Waals surface area contributed by atoms with Crippen molar-refractivity contribution in [2.75, 3.05) is 12.0 Å². The Kier molecular flexibility index (Phi) is 4.37. The van der Waals surface area contributed by atoms with Crippen molar-refractivity contribution in [3.8, 4) is 0 Å². The van der Waals surface area contributed by atoms with Crippen LogP contribution in [-0.2, 0) is 9.84 Å². The van der Waals surface area contributed by atoms with Crippen molar-refractivity contribution < 1.29 is 17.6 Å². The van der Waals surface area contributed by atoms with Gasteiger partial charge in [0, 0.05) is 18.3 Å². The van der Waals surface area contributed by atoms with Crippen LogP contribution in [0.1, 0.15) is 35.7 Å². The number of halogens is 1. The smallest absolute Gasteiger partial charge is 0.257 e. The summed E-state index contributed by atoms with van der Waals surface area (Å²) in [7, 11) is -3.20. The van der Waals surface area contributed by atoms with Crippen LogP contribution in [0.3, 0.4) is 0 Å². The van der Waals surface area contributed by atoms with E-state index in [-0.39, 0.29) is 17.4 Å². The van der Waals surface area contributed by atoms with Crippen LogP contribution in [0.4, 0.5) is 4.39 Å². The van der Waals surface area contributed by atoms with Gasteiger partial charge in [-0.25, -0.2) is 12.8 Å². The zero-order chi connectivity index (χ0) is 15.8. The molecule has 1 aliphatic rings. The number of sulfone groups is 1. The van der Waals surface area contributed by atoms with Gasteiger partial charge in [0.2, 0.25) is 0 Å². The Morgan fingerprint density at radius 1 is 1.43 bits per heavy atom. The minimum Gasteiger partial charge on any atom is -0.332 e. The largest absolute Gasteiger partial charge is 0.332 e. The van der Waals surface area contributed by atoms with E-state index in [0.29, 0.717) is 0 Å². The van der Waals surface area contributed by atoms with Crippen molar-refractivity contribution in [1.29, 1.82) is 0 Å². The molecular formula is C15H20FNO3S. The van der Waals surface area contributed by atoms with Crippen LogP contribution in [0, 0.1) is 12.7 Å². The summed E-state index contributed by atoms with van der Waals surface area (Å²) < 4.78 is 36.8. The fourth-order valence-corrected chi connectivity index (χ4v) is 3.58. The molecule has 0 aromatic heterocycles. The molecule has 6 heteroatoms. The molecule has 0 spiro atoms. The minimum atomic E-state index is -3.20. The Balaban J connectivity index is 2.30. The lowest BCUT2D eigenvalue weighted by Gasteiger charge is -2.29. The van der Waals surface area contributed by atoms with Gasteiger partial charge >= 0.3 is 0 Å². The topological polar surface area (TPSA) is 54.5 Å². The van der Waals surface area contributed by atoms with E-state index in [1.54, 1.807) is 19.9 Å². The molecule has 1 unspecified atom stereocenters. The molecule has 1 saturated carbocycles. The van der Waals surface area contributed by atoms with Crippen molar-refractivity contribution in [2.24, 2.45) is 0 Å². The highest BCUT2D eigenvalue weighted by atomic mass is 32.2. The minimum absolute atomic E-state index is 0.0160. The molecule has 1 aromatic rings. The highest BCUT2D eigenvalue weighted by Gasteiger charge is 2.37. The van der Waals surface area contributed by atoms with Crippen molar-refractivity contribution in [1.82, 2.24) is 4.90 Å². The van der Waals surface area contributed by atoms with E-state index in [2.05, 4.69) is 0 Å². The van der Waals surface area contributed by atoms with Crippen LogP contribution < -0.4 is 0 Å². The van der Waals surface area contributed by atoms with Gasteiger partial charge in [0.1, 0.15) is 15.7 Å². The molecule has 2 rings (SSSR count). The zero-order valence-corrected chi connectivity index (χ0v) is 13.3. The third-order valence-corrected chi connectivity index (χ3v) is 4.63. The molecule has 0 radical (unpaired) electrons. The number of carbonyl (C=O) groups excluding carboxylic acids is 1. The Bertz CT molecular complexity index is 653. The Labute approximate surface area is 124 Å². The van der Waals surface area contributed by atoms with Gasteiger partial charge in [-0.15, -0.1) is 0 Å². The molecular weight excluding hydrogens is 293 g/mol. The quantitative estimate of drug-likeness (QED) is 0.837. The van der Waals surface area contributed by atoms with Gasteiger partial charge in [-0.2, -0.15) is 0 Å². The van der Waals surface area contributed by atoms with E-state index in [1.807, 2.05) is 0 Å². The number of benzene rings is 1. The van der Waals surface area contributed by atoms with Gasteiger partial charge < -0.3 is 4.90 Å². The molecule has 0 heterocycles. The van der Waals surface area contributed by atoms with E-state index in [1.165, 1.54) is 17.0 Å². The first-order valence-corrected chi connectivity index (χ1v) is 9.01. The van der Waals surface area contributed by atoms with E-state index >= 15 is 0 Å². The first kappa shape index (κ1) is 15.9. The Morgan fingerprint density at radius 2 is 2.05 bits per heavy atom. The van der Waals surface area contributed by atoms with Crippen LogP contribution in [0.5, 0.6) is 0 Å². The lowest BCUT2D eigenvalue weighted by molar-refractivity contribution is 0.0688. The fourth-order valence-electron chi connectivity index (χ4n) is 2.54. The molecule has 1 amide bonds. The van der Waals surface area contributed by atoms with E-state index in [4.69, 9.17) is 0 Å². The van der Waals surface area contributed by atoms with Crippen molar-refractivity contribution in [3.05, 3.63) is 35.1 Å². The Morgan fingerprint density at radius 3 is 2.57 bits per heavy atom. The maximum absolute atomic E-state index is 13.9. The molecule has 0 saturated heterocycles. The third kappa shape index (κ3) is 4.03. The summed E-state index contributed by atoms with van der Waals surface area (Å²) in [5.74, 6) is -1.10. The van der Waals surface area contributed by atoms with Gasteiger partial charge in [-0.1, -0.05) is 11.6 Å². The third-order valence-electron chi connectivity index (χ3n) is 3.55. The summed E-state index contributed by atoms with van der Waals surface area (Å²) in [4.78, 5) is 14.1. The highest BCUT2D eigenvalue weighted by molar-refractivity contribution is 7.90. The normalized spacial score (nSPS) is 16.6. The molecule has 1 atom stereocenters. The molecule has 1 fully saturated rings. The summed E-state index contributed by atoms with van der Waals surface area (Å²) >= 11 is 0. The number of aryl methyl sites for hydroxylation is 1. The van der Waals surface area contributed by atoms with E-state index in [0.717, 1.165) is 24.7 Å². The summed E-state index contributed by atoms with van der Waals surface area (Å²) in [6.45, 7) is 3.49. The second-order valence-electron chi connectivity index (χ2n) is 5.87. The standard InChI is InChI=1S/C15H20FNO3S/c1-10-4-7-14(16)13(8-10)15(18)17(12-5-6-12)11(2)9-21(3,19)20/h4,7-8,11-12H,5-6,9H2,1-3H3. The van der Waals surface area contributed by atoms with Gasteiger partial charge in [-0.05, 0) is 38.8 Å². The predicted octanol–water partition coefficient (Wildman–Crippen LogP) is 2.17. The van der Waals surface area contributed by atoms with Crippen LogP contribution >= 0.6 is 0 Å².